The third kappa shape index (κ3) is 6.73. The summed E-state index contributed by atoms with van der Waals surface area (Å²) < 4.78 is 11.0. The molecule has 1 aromatic heterocycles. The zero-order chi connectivity index (χ0) is 25.3. The van der Waals surface area contributed by atoms with Crippen LogP contribution >= 0.6 is 0 Å². The lowest BCUT2D eigenvalue weighted by Gasteiger charge is -2.21. The predicted molar refractivity (Wildman–Crippen MR) is 134 cm³/mol. The largest absolute Gasteiger partial charge is 0.486 e. The Bertz CT molecular complexity index is 1170. The zero-order valence-corrected chi connectivity index (χ0v) is 19.8. The molecule has 0 radical (unpaired) electrons. The number of nitrogens with two attached hydrogens (primary N) is 3. The standard InChI is InChI=1S/C21H24N6O2.C4H8O/c1-11(8-22)19(12(2)24)13(3)29-16-4-5-18(25)17(7-16)20(26)15-6-14(9-23)21(28)27-10-15;1-2-4-5-3-1/h4-8,10,13,26H,22,24-25H2,1-3H3,(H,27,28);1-4H2/b11-8-,19-12+,26-20?;/t13-;/m1./s1. The van der Waals surface area contributed by atoms with Gasteiger partial charge in [-0.05, 0) is 69.7 Å². The first-order valence-electron chi connectivity index (χ1n) is 10.9. The molecule has 0 spiro atoms. The molecule has 0 amide bonds. The minimum absolute atomic E-state index is 0.0529. The number of H-pyrrole nitrogens is 1. The molecule has 180 valence electrons. The van der Waals surface area contributed by atoms with Crippen LogP contribution < -0.4 is 27.5 Å². The van der Waals surface area contributed by atoms with Crippen molar-refractivity contribution in [3.8, 4) is 11.8 Å². The molecule has 9 heteroatoms. The van der Waals surface area contributed by atoms with Crippen LogP contribution in [0.1, 0.15) is 50.3 Å². The second kappa shape index (κ2) is 12.3. The van der Waals surface area contributed by atoms with Crippen molar-refractivity contribution in [2.75, 3.05) is 18.9 Å². The quantitative estimate of drug-likeness (QED) is 0.248. The van der Waals surface area contributed by atoms with Crippen LogP contribution in [0, 0.1) is 16.7 Å². The maximum Gasteiger partial charge on any atom is 0.265 e. The van der Waals surface area contributed by atoms with Gasteiger partial charge in [0.2, 0.25) is 0 Å². The van der Waals surface area contributed by atoms with E-state index in [0.29, 0.717) is 28.3 Å². The number of nitrogens with zero attached hydrogens (tertiary/aromatic N) is 1. The van der Waals surface area contributed by atoms with Crippen molar-refractivity contribution in [2.24, 2.45) is 11.5 Å². The first-order valence-corrected chi connectivity index (χ1v) is 10.9. The minimum Gasteiger partial charge on any atom is -0.486 e. The van der Waals surface area contributed by atoms with Gasteiger partial charge < -0.3 is 31.7 Å². The monoisotopic (exact) mass is 464 g/mol. The first-order chi connectivity index (χ1) is 16.2. The molecule has 2 heterocycles. The van der Waals surface area contributed by atoms with Crippen LogP contribution in [0.4, 0.5) is 5.69 Å². The molecule has 1 fully saturated rings. The Morgan fingerprint density at radius 3 is 2.50 bits per heavy atom. The normalized spacial score (nSPS) is 14.8. The molecule has 2 aromatic rings. The third-order valence-electron chi connectivity index (χ3n) is 5.25. The van der Waals surface area contributed by atoms with Crippen LogP contribution in [0.25, 0.3) is 0 Å². The van der Waals surface area contributed by atoms with E-state index in [4.69, 9.17) is 37.3 Å². The van der Waals surface area contributed by atoms with Gasteiger partial charge in [-0.2, -0.15) is 5.26 Å². The van der Waals surface area contributed by atoms with Gasteiger partial charge in [0.05, 0.1) is 5.71 Å². The highest BCUT2D eigenvalue weighted by atomic mass is 16.5. The fourth-order valence-corrected chi connectivity index (χ4v) is 3.51. The number of allylic oxidation sites excluding steroid dienone is 1. The Balaban J connectivity index is 0.000000720. The number of benzene rings is 1. The molecule has 8 N–H and O–H groups in total. The molecule has 1 aliphatic rings. The van der Waals surface area contributed by atoms with Crippen molar-refractivity contribution in [2.45, 2.75) is 39.7 Å². The van der Waals surface area contributed by atoms with Crippen molar-refractivity contribution in [1.82, 2.24) is 4.98 Å². The molecule has 1 saturated heterocycles. The van der Waals surface area contributed by atoms with Gasteiger partial charge >= 0.3 is 0 Å². The van der Waals surface area contributed by atoms with E-state index in [9.17, 15) is 4.79 Å². The minimum atomic E-state index is -0.511. The molecule has 1 atom stereocenters. The van der Waals surface area contributed by atoms with E-state index >= 15 is 0 Å². The molecule has 9 nitrogen and oxygen atoms in total. The number of hydrogen-bond donors (Lipinski definition) is 5. The summed E-state index contributed by atoms with van der Waals surface area (Å²) in [6.45, 7) is 7.47. The topological polar surface area (TPSA) is 177 Å². The summed E-state index contributed by atoms with van der Waals surface area (Å²) >= 11 is 0. The molecule has 0 unspecified atom stereocenters. The van der Waals surface area contributed by atoms with E-state index in [1.807, 2.05) is 13.8 Å². The molecular weight excluding hydrogens is 432 g/mol. The molecule has 34 heavy (non-hydrogen) atoms. The number of pyridine rings is 1. The second-order valence-electron chi connectivity index (χ2n) is 7.89. The number of nitriles is 1. The van der Waals surface area contributed by atoms with Gasteiger partial charge in [-0.1, -0.05) is 0 Å². The Kier molecular flexibility index (Phi) is 9.47. The highest BCUT2D eigenvalue weighted by Crippen LogP contribution is 2.26. The first kappa shape index (κ1) is 26.2. The average molecular weight is 465 g/mol. The van der Waals surface area contributed by atoms with Gasteiger partial charge in [-0.25, -0.2) is 0 Å². The van der Waals surface area contributed by atoms with Crippen LogP contribution in [0.5, 0.6) is 5.75 Å². The smallest absolute Gasteiger partial charge is 0.265 e. The lowest BCUT2D eigenvalue weighted by molar-refractivity contribution is 0.198. The van der Waals surface area contributed by atoms with E-state index in [1.54, 1.807) is 31.2 Å². The summed E-state index contributed by atoms with van der Waals surface area (Å²) in [6, 6.07) is 8.12. The summed E-state index contributed by atoms with van der Waals surface area (Å²) in [5, 5.41) is 17.5. The van der Waals surface area contributed by atoms with E-state index in [1.165, 1.54) is 31.3 Å². The summed E-state index contributed by atoms with van der Waals surface area (Å²) in [6.07, 6.45) is 5.01. The number of aromatic amines is 1. The lowest BCUT2D eigenvalue weighted by Crippen LogP contribution is -2.20. The molecule has 3 rings (SSSR count). The number of hydrogen-bond acceptors (Lipinski definition) is 8. The van der Waals surface area contributed by atoms with Crippen LogP contribution in [0.2, 0.25) is 0 Å². The third-order valence-corrected chi connectivity index (χ3v) is 5.25. The summed E-state index contributed by atoms with van der Waals surface area (Å²) in [5.41, 5.74) is 20.4. The van der Waals surface area contributed by atoms with Crippen LogP contribution in [-0.4, -0.2) is 30.0 Å². The van der Waals surface area contributed by atoms with Crippen molar-refractivity contribution >= 4 is 11.4 Å². The van der Waals surface area contributed by atoms with Crippen LogP contribution in [-0.2, 0) is 4.74 Å². The van der Waals surface area contributed by atoms with Gasteiger partial charge in [0, 0.05) is 47.5 Å². The fraction of sp³-hybridized carbons (Fsp3) is 0.320. The van der Waals surface area contributed by atoms with E-state index in [-0.39, 0.29) is 17.4 Å². The Labute approximate surface area is 199 Å². The molecule has 1 aliphatic heterocycles. The maximum atomic E-state index is 11.6. The number of ether oxygens (including phenoxy) is 2. The molecule has 0 aliphatic carbocycles. The highest BCUT2D eigenvalue weighted by molar-refractivity contribution is 6.14. The van der Waals surface area contributed by atoms with E-state index in [2.05, 4.69) is 4.98 Å². The maximum absolute atomic E-state index is 11.6. The zero-order valence-electron chi connectivity index (χ0n) is 19.8. The highest BCUT2D eigenvalue weighted by Gasteiger charge is 2.17. The SMILES string of the molecule is C1CCOC1.CC(=C/N)/C(=C(/C)N)[C@@H](C)Oc1ccc(N)c(C(=N)c2c[nH]c(=O)c(C#N)c2)c1. The van der Waals surface area contributed by atoms with Gasteiger partial charge in [-0.3, -0.25) is 10.2 Å². The van der Waals surface area contributed by atoms with Crippen molar-refractivity contribution in [1.29, 1.82) is 10.7 Å². The number of rotatable bonds is 6. The fourth-order valence-electron chi connectivity index (χ4n) is 3.51. The van der Waals surface area contributed by atoms with Crippen molar-refractivity contribution in [3.63, 3.8) is 0 Å². The number of anilines is 1. The summed E-state index contributed by atoms with van der Waals surface area (Å²) in [5.74, 6) is 0.486. The summed E-state index contributed by atoms with van der Waals surface area (Å²) in [4.78, 5) is 14.0. The second-order valence-corrected chi connectivity index (χ2v) is 7.89. The van der Waals surface area contributed by atoms with Crippen LogP contribution in [0.3, 0.4) is 0 Å². The molecular formula is C25H32N6O3. The molecule has 1 aromatic carbocycles. The predicted octanol–water partition coefficient (Wildman–Crippen LogP) is 2.90. The Morgan fingerprint density at radius 1 is 1.29 bits per heavy atom. The van der Waals surface area contributed by atoms with Crippen LogP contribution in [0.15, 0.2) is 58.3 Å². The number of nitrogen functional groups attached to an aromatic ring is 1. The van der Waals surface area contributed by atoms with Gasteiger partial charge in [0.1, 0.15) is 23.5 Å². The number of nitrogens with one attached hydrogen (secondary N) is 2. The Morgan fingerprint density at radius 2 is 1.97 bits per heavy atom. The van der Waals surface area contributed by atoms with E-state index < -0.39 is 5.56 Å². The van der Waals surface area contributed by atoms with Crippen molar-refractivity contribution < 1.29 is 9.47 Å². The summed E-state index contributed by atoms with van der Waals surface area (Å²) in [7, 11) is 0. The lowest BCUT2D eigenvalue weighted by atomic mass is 10.00. The van der Waals surface area contributed by atoms with Crippen molar-refractivity contribution in [3.05, 3.63) is 80.5 Å². The molecule has 0 saturated carbocycles. The van der Waals surface area contributed by atoms with Gasteiger partial charge in [-0.15, -0.1) is 0 Å². The van der Waals surface area contributed by atoms with Gasteiger partial charge in [0.25, 0.3) is 5.56 Å². The molecule has 0 bridgehead atoms. The van der Waals surface area contributed by atoms with Gasteiger partial charge in [0.15, 0.2) is 0 Å². The average Bonchev–Trinajstić information content (AvgIpc) is 3.40. The van der Waals surface area contributed by atoms with E-state index in [0.717, 1.165) is 24.4 Å². The number of aromatic nitrogens is 1. The Hall–Kier alpha value is -4.03.